The van der Waals surface area contributed by atoms with Crippen LogP contribution in [0.15, 0.2) is 0 Å². The minimum atomic E-state index is 0. The van der Waals surface area contributed by atoms with Crippen LogP contribution in [-0.4, -0.2) is 0 Å². The molecule has 0 saturated carbocycles. The molecular weight excluding hydrogens is 254 g/mol. The van der Waals surface area contributed by atoms with Gasteiger partial charge in [-0.1, -0.05) is 0 Å². The number of hydrogen-bond acceptors (Lipinski definition) is 0. The van der Waals surface area contributed by atoms with Crippen LogP contribution in [0.25, 0.3) is 0 Å². The van der Waals surface area contributed by atoms with E-state index in [4.69, 9.17) is 0 Å². The quantitative estimate of drug-likeness (QED) is 0.379. The molecule has 0 unspecified atom stereocenters. The first-order valence-electron chi connectivity index (χ1n) is 0. The summed E-state index contributed by atoms with van der Waals surface area (Å²) in [6.45, 7) is 0. The Morgan fingerprint density at radius 3 is 0.571 bits per heavy atom. The molecule has 0 amide bonds. The Bertz CT molecular complexity index is 17.8. The minimum Gasteiger partial charge on any atom is -2.00 e. The Hall–Kier alpha value is 4.09. The Labute approximate surface area is 134 Å². The van der Waals surface area contributed by atoms with Crippen LogP contribution in [-0.2, 0) is 74.6 Å². The van der Waals surface area contributed by atoms with Crippen LogP contribution in [0.4, 0.5) is 0 Å². The molecule has 0 nitrogen and oxygen atoms in total. The second kappa shape index (κ2) is 49.8. The molecule has 0 atom stereocenters. The van der Waals surface area contributed by atoms with Gasteiger partial charge >= 0.3 is 93.3 Å². The van der Waals surface area contributed by atoms with Gasteiger partial charge in [-0.05, 0) is 0 Å². The Morgan fingerprint density at radius 2 is 0.571 bits per heavy atom. The number of rotatable bonds is 0. The van der Waals surface area contributed by atoms with E-state index in [0.717, 1.165) is 0 Å². The SMILES string of the molecule is [Fe+3].[Fe+3].[H-].[H-].[Na+].[Na+].[S-2].[S-2].[S-2]. The van der Waals surface area contributed by atoms with Crippen LogP contribution < -0.4 is 59.1 Å². The van der Waals surface area contributed by atoms with Crippen molar-refractivity contribution in [3.63, 3.8) is 0 Å². The molecule has 0 aromatic carbocycles. The van der Waals surface area contributed by atoms with Crippen molar-refractivity contribution in [2.24, 2.45) is 0 Å². The normalized spacial score (nSPS) is 0. The van der Waals surface area contributed by atoms with Crippen molar-refractivity contribution in [2.75, 3.05) is 0 Å². The Morgan fingerprint density at radius 1 is 0.571 bits per heavy atom. The summed E-state index contributed by atoms with van der Waals surface area (Å²) in [5, 5.41) is 0. The van der Waals surface area contributed by atoms with Gasteiger partial charge in [0, 0.05) is 0 Å². The zero-order valence-electron chi connectivity index (χ0n) is 5.93. The first-order valence-corrected chi connectivity index (χ1v) is 0. The molecule has 0 aliphatic carbocycles. The van der Waals surface area contributed by atoms with Gasteiger partial charge in [-0.25, -0.2) is 0 Å². The van der Waals surface area contributed by atoms with Crippen LogP contribution in [0.2, 0.25) is 0 Å². The summed E-state index contributed by atoms with van der Waals surface area (Å²) < 4.78 is 0. The number of hydrogen-bond donors (Lipinski definition) is 0. The summed E-state index contributed by atoms with van der Waals surface area (Å²) in [6.07, 6.45) is 0. The predicted octanol–water partition coefficient (Wildman–Crippen LogP) is -5.78. The fraction of sp³-hybridized carbons (Fsp3) is 0. The molecule has 0 saturated heterocycles. The summed E-state index contributed by atoms with van der Waals surface area (Å²) in [5.74, 6) is 0. The Balaban J connectivity index is 0. The molecule has 2 radical (unpaired) electrons. The van der Waals surface area contributed by atoms with E-state index in [1.165, 1.54) is 0 Å². The van der Waals surface area contributed by atoms with Crippen molar-refractivity contribution in [3.05, 3.63) is 0 Å². The maximum atomic E-state index is 0. The van der Waals surface area contributed by atoms with Crippen LogP contribution in [0.1, 0.15) is 2.85 Å². The molecule has 7 heavy (non-hydrogen) atoms. The van der Waals surface area contributed by atoms with Gasteiger partial charge in [-0.2, -0.15) is 0 Å². The zero-order chi connectivity index (χ0) is 0. The third-order valence-corrected chi connectivity index (χ3v) is 0. The average Bonchev–Trinajstić information content (AvgIpc) is 0. The fourth-order valence-electron chi connectivity index (χ4n) is 0. The predicted molar refractivity (Wildman–Crippen MR) is 24.3 cm³/mol. The van der Waals surface area contributed by atoms with Crippen molar-refractivity contribution in [3.8, 4) is 0 Å². The topological polar surface area (TPSA) is 0 Å². The smallest absolute Gasteiger partial charge is 2.00 e. The minimum absolute atomic E-state index is 0. The van der Waals surface area contributed by atoms with E-state index in [1.807, 2.05) is 0 Å². The second-order valence-electron chi connectivity index (χ2n) is 0. The molecule has 0 rings (SSSR count). The van der Waals surface area contributed by atoms with Gasteiger partial charge in [0.25, 0.3) is 0 Å². The molecule has 0 N–H and O–H groups in total. The van der Waals surface area contributed by atoms with Gasteiger partial charge in [0.1, 0.15) is 0 Å². The molecule has 0 aromatic rings. The maximum absolute atomic E-state index is 0. The molecule has 0 aliphatic heterocycles. The monoisotopic (exact) mass is 256 g/mol. The van der Waals surface area contributed by atoms with E-state index in [1.54, 1.807) is 0 Å². The van der Waals surface area contributed by atoms with Gasteiger partial charge in [-0.15, -0.1) is 0 Å². The molecule has 0 fully saturated rings. The summed E-state index contributed by atoms with van der Waals surface area (Å²) >= 11 is 0. The summed E-state index contributed by atoms with van der Waals surface area (Å²) in [5.41, 5.74) is 0. The third-order valence-electron chi connectivity index (χ3n) is 0. The van der Waals surface area contributed by atoms with Crippen LogP contribution in [0.3, 0.4) is 0 Å². The summed E-state index contributed by atoms with van der Waals surface area (Å²) in [4.78, 5) is 0. The van der Waals surface area contributed by atoms with E-state index >= 15 is 0 Å². The van der Waals surface area contributed by atoms with Gasteiger partial charge in [0.05, 0.1) is 0 Å². The van der Waals surface area contributed by atoms with E-state index in [9.17, 15) is 0 Å². The van der Waals surface area contributed by atoms with Crippen LogP contribution >= 0.6 is 0 Å². The van der Waals surface area contributed by atoms with Gasteiger partial charge in [-0.3, -0.25) is 0 Å². The molecule has 7 heteroatoms. The van der Waals surface area contributed by atoms with Crippen molar-refractivity contribution in [2.45, 2.75) is 0 Å². The van der Waals surface area contributed by atoms with Crippen LogP contribution in [0.5, 0.6) is 0 Å². The van der Waals surface area contributed by atoms with E-state index in [2.05, 4.69) is 0 Å². The van der Waals surface area contributed by atoms with E-state index in [0.29, 0.717) is 0 Å². The largest absolute Gasteiger partial charge is 3.00 e. The van der Waals surface area contributed by atoms with E-state index < -0.39 is 0 Å². The second-order valence-corrected chi connectivity index (χ2v) is 0. The molecule has 0 bridgehead atoms. The first-order chi connectivity index (χ1) is 0. The maximum Gasteiger partial charge on any atom is 3.00 e. The van der Waals surface area contributed by atoms with Crippen molar-refractivity contribution in [1.29, 1.82) is 0 Å². The standard InChI is InChI=1S/2Fe.2Na.3S.2H/q2*+3;2*+1;3*-2;2*-1. The van der Waals surface area contributed by atoms with Gasteiger partial charge in [0.2, 0.25) is 0 Å². The Kier molecular flexibility index (Phi) is 481. The fourth-order valence-corrected chi connectivity index (χ4v) is 0. The molecular formula is H2Fe2Na2S3. The molecule has 0 aliphatic rings. The van der Waals surface area contributed by atoms with Gasteiger partial charge in [0.15, 0.2) is 0 Å². The van der Waals surface area contributed by atoms with Crippen LogP contribution in [0, 0.1) is 0 Å². The van der Waals surface area contributed by atoms with Gasteiger partial charge < -0.3 is 43.3 Å². The first kappa shape index (κ1) is 67.5. The van der Waals surface area contributed by atoms with Crippen molar-refractivity contribution in [1.82, 2.24) is 0 Å². The average molecular weight is 256 g/mol. The zero-order valence-corrected chi connectivity index (χ0v) is 12.6. The molecule has 38 valence electrons. The molecule has 0 aromatic heterocycles. The summed E-state index contributed by atoms with van der Waals surface area (Å²) in [6, 6.07) is 0. The van der Waals surface area contributed by atoms with Crippen molar-refractivity contribution < 1.29 is 96.1 Å². The van der Waals surface area contributed by atoms with Crippen molar-refractivity contribution >= 4 is 40.5 Å². The van der Waals surface area contributed by atoms with E-state index in [-0.39, 0.29) is 137 Å². The molecule has 0 spiro atoms. The summed E-state index contributed by atoms with van der Waals surface area (Å²) in [7, 11) is 0. The molecule has 0 heterocycles. The third kappa shape index (κ3) is 39.5.